The van der Waals surface area contributed by atoms with Crippen molar-refractivity contribution in [1.29, 1.82) is 0 Å². The second-order valence-electron chi connectivity index (χ2n) is 6.20. The summed E-state index contributed by atoms with van der Waals surface area (Å²) in [7, 11) is 0. The van der Waals surface area contributed by atoms with Crippen molar-refractivity contribution in [2.75, 3.05) is 0 Å². The minimum atomic E-state index is -0.182. The third kappa shape index (κ3) is 3.39. The second-order valence-corrected chi connectivity index (χ2v) is 9.53. The van der Waals surface area contributed by atoms with Crippen LogP contribution in [0.2, 0.25) is 0 Å². The quantitative estimate of drug-likeness (QED) is 0.301. The second kappa shape index (κ2) is 7.17. The fourth-order valence-corrected chi connectivity index (χ4v) is 5.80. The van der Waals surface area contributed by atoms with Gasteiger partial charge in [0.25, 0.3) is 0 Å². The van der Waals surface area contributed by atoms with E-state index in [9.17, 15) is 4.79 Å². The van der Waals surface area contributed by atoms with Crippen LogP contribution < -0.4 is 0 Å². The van der Waals surface area contributed by atoms with E-state index in [0.29, 0.717) is 0 Å². The number of hydrogen-bond donors (Lipinski definition) is 0. The highest BCUT2D eigenvalue weighted by molar-refractivity contribution is 9.10. The van der Waals surface area contributed by atoms with Gasteiger partial charge in [0.15, 0.2) is 5.78 Å². The van der Waals surface area contributed by atoms with Gasteiger partial charge in [-0.3, -0.25) is 4.79 Å². The van der Waals surface area contributed by atoms with E-state index in [1.54, 1.807) is 29.4 Å². The molecule has 1 aromatic carbocycles. The normalized spacial score (nSPS) is 15.1. The van der Waals surface area contributed by atoms with Crippen molar-refractivity contribution in [2.24, 2.45) is 0 Å². The summed E-state index contributed by atoms with van der Waals surface area (Å²) in [5, 5.41) is 1.95. The van der Waals surface area contributed by atoms with Gasteiger partial charge in [-0.25, -0.2) is 9.97 Å². The molecule has 0 N–H and O–H groups in total. The van der Waals surface area contributed by atoms with E-state index >= 15 is 0 Å². The number of aromatic nitrogens is 2. The Morgan fingerprint density at radius 1 is 1.20 bits per heavy atom. The van der Waals surface area contributed by atoms with Crippen LogP contribution in [-0.4, -0.2) is 21.0 Å². The maximum atomic E-state index is 12.7. The first-order chi connectivity index (χ1) is 12.1. The number of halogens is 1. The average Bonchev–Trinajstić information content (AvgIpc) is 3.01. The van der Waals surface area contributed by atoms with Gasteiger partial charge in [-0.1, -0.05) is 39.8 Å². The topological polar surface area (TPSA) is 42.9 Å². The number of thioether (sulfide) groups is 1. The number of Topliss-reactive ketones (excluding diaryl/α,β-unsaturated/α-hetero) is 1. The van der Waals surface area contributed by atoms with Gasteiger partial charge in [-0.05, 0) is 50.3 Å². The van der Waals surface area contributed by atoms with Crippen LogP contribution in [0, 0.1) is 0 Å². The largest absolute Gasteiger partial charge is 0.293 e. The summed E-state index contributed by atoms with van der Waals surface area (Å²) in [5.74, 6) is 0.133. The summed E-state index contributed by atoms with van der Waals surface area (Å²) in [6, 6.07) is 7.54. The van der Waals surface area contributed by atoms with Crippen molar-refractivity contribution in [3.8, 4) is 0 Å². The number of carbonyl (C=O) groups excluding carboxylic acids is 1. The van der Waals surface area contributed by atoms with Crippen LogP contribution in [0.3, 0.4) is 0 Å². The van der Waals surface area contributed by atoms with E-state index in [0.717, 1.165) is 32.7 Å². The van der Waals surface area contributed by atoms with Gasteiger partial charge in [0.05, 0.1) is 5.25 Å². The molecular weight excluding hydrogens is 416 g/mol. The van der Waals surface area contributed by atoms with Crippen LogP contribution in [-0.2, 0) is 12.8 Å². The Bertz CT molecular complexity index is 936. The Morgan fingerprint density at radius 3 is 2.76 bits per heavy atom. The molecule has 2 heterocycles. The van der Waals surface area contributed by atoms with E-state index in [1.807, 2.05) is 31.2 Å². The predicted molar refractivity (Wildman–Crippen MR) is 108 cm³/mol. The number of aryl methyl sites for hydroxylation is 2. The highest BCUT2D eigenvalue weighted by Gasteiger charge is 2.23. The van der Waals surface area contributed by atoms with Gasteiger partial charge >= 0.3 is 0 Å². The maximum Gasteiger partial charge on any atom is 0.175 e. The van der Waals surface area contributed by atoms with Crippen molar-refractivity contribution < 1.29 is 4.79 Å². The lowest BCUT2D eigenvalue weighted by Crippen LogP contribution is -2.13. The molecular formula is C19H17BrN2OS2. The van der Waals surface area contributed by atoms with E-state index in [-0.39, 0.29) is 11.0 Å². The lowest BCUT2D eigenvalue weighted by atomic mass is 9.97. The smallest absolute Gasteiger partial charge is 0.175 e. The first-order valence-corrected chi connectivity index (χ1v) is 10.8. The van der Waals surface area contributed by atoms with E-state index < -0.39 is 0 Å². The molecule has 1 atom stereocenters. The molecule has 1 aliphatic carbocycles. The third-order valence-corrected chi connectivity index (χ3v) is 7.33. The van der Waals surface area contributed by atoms with Gasteiger partial charge in [-0.2, -0.15) is 0 Å². The fourth-order valence-electron chi connectivity index (χ4n) is 3.22. The average molecular weight is 433 g/mol. The molecule has 6 heteroatoms. The van der Waals surface area contributed by atoms with Crippen molar-refractivity contribution in [3.63, 3.8) is 0 Å². The molecule has 0 fully saturated rings. The molecule has 3 aromatic rings. The van der Waals surface area contributed by atoms with Crippen molar-refractivity contribution in [1.82, 2.24) is 9.97 Å². The van der Waals surface area contributed by atoms with E-state index in [4.69, 9.17) is 0 Å². The number of carbonyl (C=O) groups is 1. The minimum absolute atomic E-state index is 0.133. The van der Waals surface area contributed by atoms with Gasteiger partial charge in [0.2, 0.25) is 0 Å². The number of benzene rings is 1. The number of nitrogens with zero attached hydrogens (tertiary/aromatic N) is 2. The first kappa shape index (κ1) is 17.2. The van der Waals surface area contributed by atoms with Crippen molar-refractivity contribution >= 4 is 55.0 Å². The molecule has 0 amide bonds. The highest BCUT2D eigenvalue weighted by atomic mass is 79.9. The van der Waals surface area contributed by atoms with Crippen LogP contribution in [0.25, 0.3) is 10.2 Å². The summed E-state index contributed by atoms with van der Waals surface area (Å²) >= 11 is 6.76. The Morgan fingerprint density at radius 2 is 1.96 bits per heavy atom. The molecule has 0 unspecified atom stereocenters. The molecule has 0 saturated carbocycles. The SMILES string of the molecule is C[C@H](Sc1ncnc2sc3c(c12)CCCC3)C(=O)c1ccc(Br)cc1. The summed E-state index contributed by atoms with van der Waals surface area (Å²) in [6.07, 6.45) is 6.36. The van der Waals surface area contributed by atoms with E-state index in [1.165, 1.54) is 28.7 Å². The van der Waals surface area contributed by atoms with Crippen molar-refractivity contribution in [3.05, 3.63) is 51.1 Å². The van der Waals surface area contributed by atoms with Gasteiger partial charge < -0.3 is 0 Å². The molecule has 0 bridgehead atoms. The zero-order chi connectivity index (χ0) is 17.4. The van der Waals surface area contributed by atoms with E-state index in [2.05, 4.69) is 25.9 Å². The lowest BCUT2D eigenvalue weighted by molar-refractivity contribution is 0.0994. The van der Waals surface area contributed by atoms with Gasteiger partial charge in [0, 0.05) is 20.3 Å². The summed E-state index contributed by atoms with van der Waals surface area (Å²) in [4.78, 5) is 24.3. The summed E-state index contributed by atoms with van der Waals surface area (Å²) < 4.78 is 0.978. The minimum Gasteiger partial charge on any atom is -0.293 e. The Labute approximate surface area is 163 Å². The van der Waals surface area contributed by atoms with Crippen LogP contribution >= 0.6 is 39.0 Å². The fraction of sp³-hybridized carbons (Fsp3) is 0.316. The van der Waals surface area contributed by atoms with Crippen LogP contribution in [0.5, 0.6) is 0 Å². The summed E-state index contributed by atoms with van der Waals surface area (Å²) in [5.41, 5.74) is 2.15. The summed E-state index contributed by atoms with van der Waals surface area (Å²) in [6.45, 7) is 1.96. The molecule has 1 aliphatic rings. The molecule has 4 rings (SSSR count). The van der Waals surface area contributed by atoms with Crippen LogP contribution in [0.4, 0.5) is 0 Å². The molecule has 0 saturated heterocycles. The monoisotopic (exact) mass is 432 g/mol. The van der Waals surface area contributed by atoms with Gasteiger partial charge in [0.1, 0.15) is 16.2 Å². The molecule has 2 aromatic heterocycles. The Kier molecular flexibility index (Phi) is 4.93. The highest BCUT2D eigenvalue weighted by Crippen LogP contribution is 2.40. The Balaban J connectivity index is 1.65. The van der Waals surface area contributed by atoms with Gasteiger partial charge in [-0.15, -0.1) is 11.3 Å². The molecule has 25 heavy (non-hydrogen) atoms. The standard InChI is InChI=1S/C19H17BrN2OS2/c1-11(17(23)12-6-8-13(20)9-7-12)24-18-16-14-4-2-3-5-15(14)25-19(16)22-10-21-18/h6-11H,2-5H2,1H3/t11-/m0/s1. The predicted octanol–water partition coefficient (Wildman–Crippen LogP) is 5.70. The molecule has 0 spiro atoms. The molecule has 0 radical (unpaired) electrons. The number of ketones is 1. The molecule has 128 valence electrons. The molecule has 0 aliphatic heterocycles. The number of fused-ring (bicyclic) bond motifs is 3. The van der Waals surface area contributed by atoms with Crippen LogP contribution in [0.15, 0.2) is 40.1 Å². The zero-order valence-electron chi connectivity index (χ0n) is 13.8. The zero-order valence-corrected chi connectivity index (χ0v) is 17.0. The third-order valence-electron chi connectivity index (χ3n) is 4.50. The van der Waals surface area contributed by atoms with Crippen molar-refractivity contribution in [2.45, 2.75) is 42.9 Å². The number of thiophene rings is 1. The first-order valence-electron chi connectivity index (χ1n) is 8.35. The Hall–Kier alpha value is -1.24. The van der Waals surface area contributed by atoms with Crippen LogP contribution in [0.1, 0.15) is 40.6 Å². The molecule has 3 nitrogen and oxygen atoms in total. The maximum absolute atomic E-state index is 12.7. The lowest BCUT2D eigenvalue weighted by Gasteiger charge is -2.13. The number of rotatable bonds is 4. The number of hydrogen-bond acceptors (Lipinski definition) is 5.